The zero-order valence-electron chi connectivity index (χ0n) is 13.1. The first-order valence-electron chi connectivity index (χ1n) is 8.02. The summed E-state index contributed by atoms with van der Waals surface area (Å²) < 4.78 is 5.80. The van der Waals surface area contributed by atoms with E-state index in [1.807, 2.05) is 18.2 Å². The first-order chi connectivity index (χ1) is 10.2. The highest BCUT2D eigenvalue weighted by molar-refractivity contribution is 6.30. The van der Waals surface area contributed by atoms with E-state index in [1.165, 1.54) is 12.0 Å². The highest BCUT2D eigenvalue weighted by atomic mass is 35.5. The van der Waals surface area contributed by atoms with Crippen molar-refractivity contribution in [1.82, 2.24) is 4.90 Å². The fourth-order valence-corrected chi connectivity index (χ4v) is 3.33. The summed E-state index contributed by atoms with van der Waals surface area (Å²) in [5, 5.41) is 0.772. The van der Waals surface area contributed by atoms with Crippen molar-refractivity contribution in [3.63, 3.8) is 0 Å². The summed E-state index contributed by atoms with van der Waals surface area (Å²) in [6.45, 7) is 7.13. The van der Waals surface area contributed by atoms with Gasteiger partial charge in [0, 0.05) is 24.2 Å². The van der Waals surface area contributed by atoms with Crippen molar-refractivity contribution >= 4 is 11.6 Å². The summed E-state index contributed by atoms with van der Waals surface area (Å²) >= 11 is 6.17. The average Bonchev–Trinajstić information content (AvgIpc) is 2.99. The SMILES string of the molecule is CCC(N)C(c1cccc(Cl)c1)N(CC)CC1CCCO1. The van der Waals surface area contributed by atoms with Crippen LogP contribution in [0.5, 0.6) is 0 Å². The predicted molar refractivity (Wildman–Crippen MR) is 88.7 cm³/mol. The minimum atomic E-state index is 0.102. The second-order valence-electron chi connectivity index (χ2n) is 5.79. The third-order valence-corrected chi connectivity index (χ3v) is 4.56. The third kappa shape index (κ3) is 4.43. The minimum Gasteiger partial charge on any atom is -0.377 e. The van der Waals surface area contributed by atoms with Gasteiger partial charge in [0.05, 0.1) is 12.1 Å². The summed E-state index contributed by atoms with van der Waals surface area (Å²) in [5.74, 6) is 0. The molecule has 0 bridgehead atoms. The Bertz CT molecular complexity index is 435. The van der Waals surface area contributed by atoms with Crippen molar-refractivity contribution in [3.05, 3.63) is 34.9 Å². The maximum atomic E-state index is 6.42. The number of benzene rings is 1. The summed E-state index contributed by atoms with van der Waals surface area (Å²) in [6, 6.07) is 8.39. The van der Waals surface area contributed by atoms with E-state index in [9.17, 15) is 0 Å². The quantitative estimate of drug-likeness (QED) is 0.836. The molecule has 1 aliphatic heterocycles. The standard InChI is InChI=1S/C17H27ClN2O/c1-3-16(19)17(13-7-5-8-14(18)11-13)20(4-2)12-15-9-6-10-21-15/h5,7-8,11,15-17H,3-4,6,9-10,12,19H2,1-2H3. The van der Waals surface area contributed by atoms with Gasteiger partial charge in [-0.3, -0.25) is 4.90 Å². The van der Waals surface area contributed by atoms with Gasteiger partial charge in [0.1, 0.15) is 0 Å². The lowest BCUT2D eigenvalue weighted by molar-refractivity contribution is 0.0531. The van der Waals surface area contributed by atoms with Gasteiger partial charge < -0.3 is 10.5 Å². The lowest BCUT2D eigenvalue weighted by atomic mass is 9.95. The molecular weight excluding hydrogens is 284 g/mol. The molecule has 0 amide bonds. The zero-order valence-corrected chi connectivity index (χ0v) is 13.9. The highest BCUT2D eigenvalue weighted by Gasteiger charge is 2.28. The molecule has 3 atom stereocenters. The van der Waals surface area contributed by atoms with Crippen molar-refractivity contribution in [1.29, 1.82) is 0 Å². The van der Waals surface area contributed by atoms with Gasteiger partial charge >= 0.3 is 0 Å². The van der Waals surface area contributed by atoms with E-state index in [1.54, 1.807) is 0 Å². The van der Waals surface area contributed by atoms with E-state index in [0.29, 0.717) is 6.10 Å². The normalized spacial score (nSPS) is 21.7. The Morgan fingerprint density at radius 1 is 1.43 bits per heavy atom. The Morgan fingerprint density at radius 3 is 2.81 bits per heavy atom. The van der Waals surface area contributed by atoms with Gasteiger partial charge in [-0.2, -0.15) is 0 Å². The molecule has 0 aromatic heterocycles. The molecule has 0 aliphatic carbocycles. The molecule has 1 heterocycles. The highest BCUT2D eigenvalue weighted by Crippen LogP contribution is 2.28. The van der Waals surface area contributed by atoms with Crippen LogP contribution in [0.4, 0.5) is 0 Å². The van der Waals surface area contributed by atoms with E-state index >= 15 is 0 Å². The number of ether oxygens (including phenoxy) is 1. The molecule has 1 aliphatic rings. The zero-order chi connectivity index (χ0) is 15.2. The maximum absolute atomic E-state index is 6.42. The van der Waals surface area contributed by atoms with Gasteiger partial charge in [-0.25, -0.2) is 0 Å². The Hall–Kier alpha value is -0.610. The average molecular weight is 311 g/mol. The molecular formula is C17H27ClN2O. The van der Waals surface area contributed by atoms with Gasteiger partial charge in [-0.05, 0) is 43.5 Å². The molecule has 3 unspecified atom stereocenters. The molecule has 21 heavy (non-hydrogen) atoms. The topological polar surface area (TPSA) is 38.5 Å². The minimum absolute atomic E-state index is 0.102. The lowest BCUT2D eigenvalue weighted by Gasteiger charge is -2.36. The number of rotatable bonds is 7. The maximum Gasteiger partial charge on any atom is 0.0703 e. The first-order valence-corrected chi connectivity index (χ1v) is 8.40. The molecule has 1 aromatic carbocycles. The molecule has 2 rings (SSSR count). The number of hydrogen-bond donors (Lipinski definition) is 1. The summed E-state index contributed by atoms with van der Waals surface area (Å²) in [5.41, 5.74) is 7.63. The van der Waals surface area contributed by atoms with Gasteiger partial charge in [0.15, 0.2) is 0 Å². The molecule has 1 aromatic rings. The first kappa shape index (κ1) is 16.8. The van der Waals surface area contributed by atoms with Crippen molar-refractivity contribution in [2.24, 2.45) is 5.73 Å². The monoisotopic (exact) mass is 310 g/mol. The largest absolute Gasteiger partial charge is 0.377 e. The van der Waals surface area contributed by atoms with Crippen molar-refractivity contribution < 1.29 is 4.74 Å². The van der Waals surface area contributed by atoms with Crippen LogP contribution in [-0.2, 0) is 4.74 Å². The fraction of sp³-hybridized carbons (Fsp3) is 0.647. The smallest absolute Gasteiger partial charge is 0.0703 e. The van der Waals surface area contributed by atoms with Crippen LogP contribution in [-0.4, -0.2) is 36.7 Å². The Morgan fingerprint density at radius 2 is 2.24 bits per heavy atom. The molecule has 0 saturated carbocycles. The summed E-state index contributed by atoms with van der Waals surface area (Å²) in [4.78, 5) is 2.44. The summed E-state index contributed by atoms with van der Waals surface area (Å²) in [6.07, 6.45) is 3.61. The molecule has 2 N–H and O–H groups in total. The molecule has 1 saturated heterocycles. The number of nitrogens with two attached hydrogens (primary N) is 1. The van der Waals surface area contributed by atoms with Crippen molar-refractivity contribution in [2.75, 3.05) is 19.7 Å². The predicted octanol–water partition coefficient (Wildman–Crippen LogP) is 3.62. The molecule has 118 valence electrons. The van der Waals surface area contributed by atoms with E-state index in [4.69, 9.17) is 22.1 Å². The Balaban J connectivity index is 2.20. The molecule has 0 spiro atoms. The fourth-order valence-electron chi connectivity index (χ4n) is 3.13. The van der Waals surface area contributed by atoms with E-state index < -0.39 is 0 Å². The van der Waals surface area contributed by atoms with Gasteiger partial charge in [0.25, 0.3) is 0 Å². The molecule has 1 fully saturated rings. The Labute approximate surface area is 133 Å². The van der Waals surface area contributed by atoms with Crippen LogP contribution >= 0.6 is 11.6 Å². The van der Waals surface area contributed by atoms with Crippen LogP contribution in [0.2, 0.25) is 5.02 Å². The van der Waals surface area contributed by atoms with Crippen molar-refractivity contribution in [2.45, 2.75) is 51.3 Å². The lowest BCUT2D eigenvalue weighted by Crippen LogP contribution is -2.44. The number of halogens is 1. The van der Waals surface area contributed by atoms with Crippen LogP contribution in [0.1, 0.15) is 44.7 Å². The Kier molecular flexibility index (Phi) is 6.49. The van der Waals surface area contributed by atoms with E-state index in [0.717, 1.165) is 37.6 Å². The van der Waals surface area contributed by atoms with Gasteiger partial charge in [0.2, 0.25) is 0 Å². The van der Waals surface area contributed by atoms with Gasteiger partial charge in [-0.1, -0.05) is 37.6 Å². The number of hydrogen-bond acceptors (Lipinski definition) is 3. The van der Waals surface area contributed by atoms with E-state index in [-0.39, 0.29) is 12.1 Å². The number of nitrogens with zero attached hydrogens (tertiary/aromatic N) is 1. The third-order valence-electron chi connectivity index (χ3n) is 4.33. The second-order valence-corrected chi connectivity index (χ2v) is 6.23. The van der Waals surface area contributed by atoms with Crippen LogP contribution in [0.25, 0.3) is 0 Å². The molecule has 3 nitrogen and oxygen atoms in total. The van der Waals surface area contributed by atoms with Crippen LogP contribution in [0, 0.1) is 0 Å². The van der Waals surface area contributed by atoms with Crippen molar-refractivity contribution in [3.8, 4) is 0 Å². The number of likely N-dealkylation sites (N-methyl/N-ethyl adjacent to an activating group) is 1. The van der Waals surface area contributed by atoms with Crippen LogP contribution < -0.4 is 5.73 Å². The molecule has 0 radical (unpaired) electrons. The van der Waals surface area contributed by atoms with Crippen LogP contribution in [0.15, 0.2) is 24.3 Å². The van der Waals surface area contributed by atoms with Crippen LogP contribution in [0.3, 0.4) is 0 Å². The summed E-state index contributed by atoms with van der Waals surface area (Å²) in [7, 11) is 0. The van der Waals surface area contributed by atoms with E-state index in [2.05, 4.69) is 24.8 Å². The second kappa shape index (κ2) is 8.14. The molecule has 4 heteroatoms. The van der Waals surface area contributed by atoms with Gasteiger partial charge in [-0.15, -0.1) is 0 Å².